The predicted octanol–water partition coefficient (Wildman–Crippen LogP) is 4.15. The van der Waals surface area contributed by atoms with Gasteiger partial charge in [0.15, 0.2) is 0 Å². The molecule has 1 saturated carbocycles. The van der Waals surface area contributed by atoms with Crippen LogP contribution in [0.4, 0.5) is 0 Å². The molecule has 2 aromatic rings. The molecule has 0 aromatic heterocycles. The number of aryl methyl sites for hydroxylation is 2. The number of hydrogen-bond acceptors (Lipinski definition) is 5. The summed E-state index contributed by atoms with van der Waals surface area (Å²) in [5.41, 5.74) is 3.36. The van der Waals surface area contributed by atoms with Crippen LogP contribution < -0.4 is 20.1 Å². The normalized spacial score (nSPS) is 18.5. The summed E-state index contributed by atoms with van der Waals surface area (Å²) >= 11 is 6.10. The van der Waals surface area contributed by atoms with Gasteiger partial charge in [-0.05, 0) is 81.0 Å². The Hall–Kier alpha value is -2.13. The zero-order chi connectivity index (χ0) is 25.2. The summed E-state index contributed by atoms with van der Waals surface area (Å²) in [5.74, 6) is 1.42. The fourth-order valence-corrected chi connectivity index (χ4v) is 6.15. The van der Waals surface area contributed by atoms with Gasteiger partial charge >= 0.3 is 0 Å². The van der Waals surface area contributed by atoms with E-state index in [0.717, 1.165) is 35.9 Å². The maximum Gasteiger partial charge on any atom is 0.241 e. The molecule has 1 heterocycles. The number of ether oxygens (including phenoxy) is 1. The molecule has 1 fully saturated rings. The van der Waals surface area contributed by atoms with Gasteiger partial charge in [0.1, 0.15) is 5.75 Å². The van der Waals surface area contributed by atoms with Crippen molar-refractivity contribution in [3.05, 3.63) is 57.6 Å². The van der Waals surface area contributed by atoms with Gasteiger partial charge in [-0.3, -0.25) is 4.79 Å². The van der Waals surface area contributed by atoms with E-state index in [1.807, 2.05) is 12.1 Å². The highest BCUT2D eigenvalue weighted by Gasteiger charge is 2.26. The Labute approximate surface area is 213 Å². The van der Waals surface area contributed by atoms with Crippen molar-refractivity contribution in [1.29, 1.82) is 0 Å². The molecule has 2 aromatic carbocycles. The summed E-state index contributed by atoms with van der Waals surface area (Å²) in [4.78, 5) is 13.0. The largest absolute Gasteiger partial charge is 0.493 e. The van der Waals surface area contributed by atoms with Gasteiger partial charge < -0.3 is 15.4 Å². The third-order valence-electron chi connectivity index (χ3n) is 6.51. The molecule has 190 valence electrons. The quantitative estimate of drug-likeness (QED) is 0.438. The summed E-state index contributed by atoms with van der Waals surface area (Å²) < 4.78 is 34.3. The average Bonchev–Trinajstić information content (AvgIpc) is 3.60. The van der Waals surface area contributed by atoms with E-state index in [0.29, 0.717) is 29.2 Å². The number of halogens is 1. The van der Waals surface area contributed by atoms with Crippen LogP contribution >= 0.6 is 11.6 Å². The highest BCUT2D eigenvalue weighted by Crippen LogP contribution is 2.33. The van der Waals surface area contributed by atoms with Crippen LogP contribution in [0.5, 0.6) is 5.75 Å². The lowest BCUT2D eigenvalue weighted by Gasteiger charge is -2.28. The maximum atomic E-state index is 12.9. The number of nitrogens with one attached hydrogen (secondary N) is 3. The molecule has 0 saturated heterocycles. The van der Waals surface area contributed by atoms with Gasteiger partial charge in [0.05, 0.1) is 17.5 Å². The highest BCUT2D eigenvalue weighted by molar-refractivity contribution is 7.89. The van der Waals surface area contributed by atoms with Gasteiger partial charge in [-0.2, -0.15) is 0 Å². The van der Waals surface area contributed by atoms with E-state index in [4.69, 9.17) is 16.3 Å². The minimum Gasteiger partial charge on any atom is -0.493 e. The molecule has 7 nitrogen and oxygen atoms in total. The van der Waals surface area contributed by atoms with Crippen LogP contribution in [0.2, 0.25) is 5.02 Å². The van der Waals surface area contributed by atoms with E-state index in [1.165, 1.54) is 12.8 Å². The maximum absolute atomic E-state index is 12.9. The highest BCUT2D eigenvalue weighted by atomic mass is 35.5. The molecule has 0 bridgehead atoms. The van der Waals surface area contributed by atoms with E-state index in [-0.39, 0.29) is 23.3 Å². The number of amides is 1. The molecule has 3 N–H and O–H groups in total. The number of hydrogen-bond donors (Lipinski definition) is 3. The summed E-state index contributed by atoms with van der Waals surface area (Å²) in [5, 5.41) is 7.07. The second-order valence-corrected chi connectivity index (χ2v) is 11.9. The third kappa shape index (κ3) is 6.76. The molecule has 0 spiro atoms. The van der Waals surface area contributed by atoms with Gasteiger partial charge in [0.25, 0.3) is 0 Å². The first-order chi connectivity index (χ1) is 16.6. The van der Waals surface area contributed by atoms with Crippen LogP contribution in [-0.4, -0.2) is 33.5 Å². The van der Waals surface area contributed by atoms with E-state index in [9.17, 15) is 13.2 Å². The van der Waals surface area contributed by atoms with Crippen LogP contribution in [-0.2, 0) is 21.4 Å². The van der Waals surface area contributed by atoms with Crippen molar-refractivity contribution >= 4 is 27.5 Å². The fourth-order valence-electron chi connectivity index (χ4n) is 4.38. The van der Waals surface area contributed by atoms with Crippen molar-refractivity contribution in [2.24, 2.45) is 5.92 Å². The monoisotopic (exact) mass is 519 g/mol. The smallest absolute Gasteiger partial charge is 0.241 e. The van der Waals surface area contributed by atoms with Crippen LogP contribution in [0.3, 0.4) is 0 Å². The molecule has 4 rings (SSSR count). The van der Waals surface area contributed by atoms with Crippen molar-refractivity contribution in [2.45, 2.75) is 70.0 Å². The molecule has 1 amide bonds. The van der Waals surface area contributed by atoms with Crippen molar-refractivity contribution in [3.63, 3.8) is 0 Å². The Morgan fingerprint density at radius 2 is 1.91 bits per heavy atom. The molecule has 1 aliphatic heterocycles. The zero-order valence-corrected chi connectivity index (χ0v) is 22.1. The van der Waals surface area contributed by atoms with Crippen molar-refractivity contribution in [3.8, 4) is 5.75 Å². The molecular weight excluding hydrogens is 486 g/mol. The van der Waals surface area contributed by atoms with E-state index in [2.05, 4.69) is 21.4 Å². The summed E-state index contributed by atoms with van der Waals surface area (Å²) in [6.45, 7) is 7.53. The first kappa shape index (κ1) is 25.9. The Bertz CT molecular complexity index is 1200. The molecule has 0 radical (unpaired) electrons. The lowest BCUT2D eigenvalue weighted by atomic mass is 9.98. The van der Waals surface area contributed by atoms with Gasteiger partial charge in [-0.1, -0.05) is 23.7 Å². The van der Waals surface area contributed by atoms with Gasteiger partial charge in [-0.15, -0.1) is 0 Å². The Morgan fingerprint density at radius 1 is 1.14 bits per heavy atom. The topological polar surface area (TPSA) is 96.5 Å². The Kier molecular flexibility index (Phi) is 8.06. The molecule has 9 heteroatoms. The van der Waals surface area contributed by atoms with Crippen molar-refractivity contribution in [1.82, 2.24) is 15.4 Å². The first-order valence-electron chi connectivity index (χ1n) is 12.2. The third-order valence-corrected chi connectivity index (χ3v) is 8.64. The molecule has 0 unspecified atom stereocenters. The van der Waals surface area contributed by atoms with Crippen molar-refractivity contribution in [2.75, 3.05) is 13.2 Å². The minimum atomic E-state index is -3.79. The molecule has 35 heavy (non-hydrogen) atoms. The van der Waals surface area contributed by atoms with Crippen LogP contribution in [0, 0.1) is 19.8 Å². The number of rotatable bonds is 10. The van der Waals surface area contributed by atoms with Crippen molar-refractivity contribution < 1.29 is 17.9 Å². The summed E-state index contributed by atoms with van der Waals surface area (Å²) in [7, 11) is -3.79. The zero-order valence-electron chi connectivity index (χ0n) is 20.5. The lowest BCUT2D eigenvalue weighted by Crippen LogP contribution is -2.39. The molecule has 2 atom stereocenters. The number of carbonyl (C=O) groups is 1. The second-order valence-electron chi connectivity index (χ2n) is 9.80. The van der Waals surface area contributed by atoms with Crippen LogP contribution in [0.1, 0.15) is 60.9 Å². The van der Waals surface area contributed by atoms with Gasteiger partial charge in [0, 0.05) is 36.0 Å². The summed E-state index contributed by atoms with van der Waals surface area (Å²) in [6, 6.07) is 8.59. The average molecular weight is 520 g/mol. The predicted molar refractivity (Wildman–Crippen MR) is 137 cm³/mol. The number of benzene rings is 2. The number of fused-ring (bicyclic) bond motifs is 1. The van der Waals surface area contributed by atoms with E-state index in [1.54, 1.807) is 32.9 Å². The summed E-state index contributed by atoms with van der Waals surface area (Å²) in [6.07, 6.45) is 3.34. The van der Waals surface area contributed by atoms with Gasteiger partial charge in [-0.25, -0.2) is 13.1 Å². The lowest BCUT2D eigenvalue weighted by molar-refractivity contribution is -0.122. The SMILES string of the molecule is Cc1cc(S(=O)(=O)N[C@@H](C)CC(=O)N[C@@H]2CCOc3cc(CNCC4CC4)ccc32)c(C)cc1Cl. The van der Waals surface area contributed by atoms with Crippen LogP contribution in [0.25, 0.3) is 0 Å². The fraction of sp³-hybridized carbons (Fsp3) is 0.500. The van der Waals surface area contributed by atoms with E-state index < -0.39 is 16.1 Å². The number of carbonyl (C=O) groups excluding carboxylic acids is 1. The van der Waals surface area contributed by atoms with Gasteiger partial charge in [0.2, 0.25) is 15.9 Å². The Balaban J connectivity index is 1.34. The molecular formula is C26H34ClN3O4S. The first-order valence-corrected chi connectivity index (χ1v) is 14.0. The molecule has 2 aliphatic rings. The molecule has 1 aliphatic carbocycles. The second kappa shape index (κ2) is 10.9. The standard InChI is InChI=1S/C26H34ClN3O4S/c1-16-11-25(17(2)10-22(16)27)35(32,33)30-18(3)12-26(31)29-23-8-9-34-24-13-20(6-7-21(23)24)15-28-14-19-4-5-19/h6-7,10-11,13,18-19,23,28,30H,4-5,8-9,12,14-15H2,1-3H3,(H,29,31)/t18-,23+/m0/s1. The van der Waals surface area contributed by atoms with E-state index >= 15 is 0 Å². The number of sulfonamides is 1. The minimum absolute atomic E-state index is 0.0285. The van der Waals surface area contributed by atoms with Crippen LogP contribution in [0.15, 0.2) is 35.2 Å². The Morgan fingerprint density at radius 3 is 2.66 bits per heavy atom.